The van der Waals surface area contributed by atoms with Crippen molar-refractivity contribution < 1.29 is 4.79 Å². The molecule has 0 radical (unpaired) electrons. The van der Waals surface area contributed by atoms with E-state index in [2.05, 4.69) is 10.2 Å². The van der Waals surface area contributed by atoms with Crippen molar-refractivity contribution in [2.75, 3.05) is 0 Å². The van der Waals surface area contributed by atoms with Gasteiger partial charge in [0.1, 0.15) is 6.29 Å². The lowest BCUT2D eigenvalue weighted by atomic mass is 10.1. The van der Waals surface area contributed by atoms with E-state index in [0.29, 0.717) is 17.2 Å². The van der Waals surface area contributed by atoms with Gasteiger partial charge in [-0.15, -0.1) is 0 Å². The van der Waals surface area contributed by atoms with Gasteiger partial charge in [0.2, 0.25) is 0 Å². The van der Waals surface area contributed by atoms with Crippen LogP contribution in [0.4, 0.5) is 0 Å². The van der Waals surface area contributed by atoms with Crippen molar-refractivity contribution in [1.82, 2.24) is 10.2 Å². The van der Waals surface area contributed by atoms with Gasteiger partial charge in [-0.05, 0) is 11.6 Å². The van der Waals surface area contributed by atoms with Crippen LogP contribution in [0, 0.1) is 0 Å². The average molecular weight is 204 g/mol. The zero-order chi connectivity index (χ0) is 10.8. The third-order valence-electron chi connectivity index (χ3n) is 2.22. The number of hydrogen-bond donors (Lipinski definition) is 2. The summed E-state index contributed by atoms with van der Waals surface area (Å²) in [6, 6.07) is 4.86. The molecule has 0 fully saturated rings. The smallest absolute Gasteiger partial charge is 0.270 e. The summed E-state index contributed by atoms with van der Waals surface area (Å²) in [7, 11) is 0. The van der Waals surface area contributed by atoms with Crippen molar-refractivity contribution in [3.63, 3.8) is 0 Å². The number of aromatic nitrogens is 2. The summed E-state index contributed by atoms with van der Waals surface area (Å²) in [6.07, 6.45) is 0.833. The van der Waals surface area contributed by atoms with E-state index in [1.165, 1.54) is 0 Å². The van der Waals surface area contributed by atoms with Gasteiger partial charge in [0, 0.05) is 6.42 Å². The standard InChI is InChI=1S/C10H8N2O3/c13-5-4-6-2-1-3-7-8(6)10(15)12-11-9(7)14/h1-3,5H,4H2,(H,11,14)(H,12,15). The fourth-order valence-corrected chi connectivity index (χ4v) is 1.56. The molecule has 0 bridgehead atoms. The Morgan fingerprint density at radius 2 is 1.87 bits per heavy atom. The van der Waals surface area contributed by atoms with E-state index < -0.39 is 0 Å². The highest BCUT2D eigenvalue weighted by molar-refractivity contribution is 5.85. The van der Waals surface area contributed by atoms with Crippen molar-refractivity contribution in [3.05, 3.63) is 44.5 Å². The van der Waals surface area contributed by atoms with Gasteiger partial charge >= 0.3 is 0 Å². The Morgan fingerprint density at radius 3 is 2.60 bits per heavy atom. The van der Waals surface area contributed by atoms with Crippen molar-refractivity contribution in [3.8, 4) is 0 Å². The van der Waals surface area contributed by atoms with Gasteiger partial charge in [0.05, 0.1) is 10.8 Å². The highest BCUT2D eigenvalue weighted by atomic mass is 16.1. The summed E-state index contributed by atoms with van der Waals surface area (Å²) in [6.45, 7) is 0. The van der Waals surface area contributed by atoms with Crippen LogP contribution in [-0.2, 0) is 11.2 Å². The molecule has 0 unspecified atom stereocenters. The maximum absolute atomic E-state index is 11.5. The Hall–Kier alpha value is -2.17. The van der Waals surface area contributed by atoms with Crippen LogP contribution in [0.3, 0.4) is 0 Å². The number of rotatable bonds is 2. The van der Waals surface area contributed by atoms with Crippen molar-refractivity contribution >= 4 is 17.1 Å². The SMILES string of the molecule is O=CCc1cccc2c(=O)[nH][nH]c(=O)c12. The third kappa shape index (κ3) is 1.48. The van der Waals surface area contributed by atoms with Crippen LogP contribution in [0.15, 0.2) is 27.8 Å². The molecule has 76 valence electrons. The van der Waals surface area contributed by atoms with Crippen LogP contribution in [0.25, 0.3) is 10.8 Å². The predicted octanol–water partition coefficient (Wildman–Crippen LogP) is -0.0422. The number of carbonyl (C=O) groups is 1. The second-order valence-electron chi connectivity index (χ2n) is 3.12. The molecule has 0 aliphatic carbocycles. The molecule has 0 saturated carbocycles. The van der Waals surface area contributed by atoms with Gasteiger partial charge in [-0.1, -0.05) is 12.1 Å². The average Bonchev–Trinajstić information content (AvgIpc) is 2.24. The highest BCUT2D eigenvalue weighted by Gasteiger charge is 2.06. The number of fused-ring (bicyclic) bond motifs is 1. The number of aromatic amines is 2. The molecular formula is C10H8N2O3. The molecular weight excluding hydrogens is 196 g/mol. The monoisotopic (exact) mass is 204 g/mol. The van der Waals surface area contributed by atoms with Crippen LogP contribution in [-0.4, -0.2) is 16.5 Å². The largest absolute Gasteiger partial charge is 0.303 e. The molecule has 0 spiro atoms. The number of H-pyrrole nitrogens is 2. The molecule has 0 aliphatic heterocycles. The molecule has 5 nitrogen and oxygen atoms in total. The molecule has 1 aromatic heterocycles. The fourth-order valence-electron chi connectivity index (χ4n) is 1.56. The van der Waals surface area contributed by atoms with E-state index in [-0.39, 0.29) is 22.9 Å². The lowest BCUT2D eigenvalue weighted by Crippen LogP contribution is -2.20. The van der Waals surface area contributed by atoms with Gasteiger partial charge in [-0.25, -0.2) is 0 Å². The minimum atomic E-state index is -0.387. The molecule has 2 N–H and O–H groups in total. The zero-order valence-electron chi connectivity index (χ0n) is 7.74. The molecule has 15 heavy (non-hydrogen) atoms. The Kier molecular flexibility index (Phi) is 2.21. The molecule has 0 amide bonds. The van der Waals surface area contributed by atoms with Crippen molar-refractivity contribution in [2.45, 2.75) is 6.42 Å². The second-order valence-corrected chi connectivity index (χ2v) is 3.12. The molecule has 2 rings (SSSR count). The first kappa shape index (κ1) is 9.39. The van der Waals surface area contributed by atoms with Crippen molar-refractivity contribution in [2.24, 2.45) is 0 Å². The summed E-state index contributed by atoms with van der Waals surface area (Å²) in [5.74, 6) is 0. The minimum Gasteiger partial charge on any atom is -0.303 e. The summed E-state index contributed by atoms with van der Waals surface area (Å²) in [5.41, 5.74) is -0.186. The van der Waals surface area contributed by atoms with Crippen molar-refractivity contribution in [1.29, 1.82) is 0 Å². The maximum atomic E-state index is 11.5. The summed E-state index contributed by atoms with van der Waals surface area (Å²) < 4.78 is 0. The topological polar surface area (TPSA) is 82.8 Å². The molecule has 0 aliphatic rings. The van der Waals surface area contributed by atoms with E-state index in [1.807, 2.05) is 0 Å². The number of benzene rings is 1. The Balaban J connectivity index is 2.96. The van der Waals surface area contributed by atoms with E-state index in [9.17, 15) is 14.4 Å². The minimum absolute atomic E-state index is 0.129. The first-order valence-corrected chi connectivity index (χ1v) is 4.40. The van der Waals surface area contributed by atoms with Crippen LogP contribution in [0.5, 0.6) is 0 Å². The second kappa shape index (κ2) is 3.53. The molecule has 2 aromatic rings. The summed E-state index contributed by atoms with van der Waals surface area (Å²) in [5, 5.41) is 5.05. The third-order valence-corrected chi connectivity index (χ3v) is 2.22. The van der Waals surface area contributed by atoms with Crippen LogP contribution >= 0.6 is 0 Å². The number of nitrogens with one attached hydrogen (secondary N) is 2. The predicted molar refractivity (Wildman–Crippen MR) is 55.0 cm³/mol. The lowest BCUT2D eigenvalue weighted by molar-refractivity contribution is -0.107. The van der Waals surface area contributed by atoms with Crippen LogP contribution < -0.4 is 11.1 Å². The summed E-state index contributed by atoms with van der Waals surface area (Å²) >= 11 is 0. The fraction of sp³-hybridized carbons (Fsp3) is 0.100. The number of carbonyl (C=O) groups excluding carboxylic acids is 1. The Labute approximate surface area is 83.7 Å². The van der Waals surface area contributed by atoms with Gasteiger partial charge in [0.15, 0.2) is 0 Å². The van der Waals surface area contributed by atoms with E-state index in [1.54, 1.807) is 18.2 Å². The van der Waals surface area contributed by atoms with Gasteiger partial charge in [-0.3, -0.25) is 19.8 Å². The molecule has 0 atom stereocenters. The number of hydrogen-bond acceptors (Lipinski definition) is 3. The van der Waals surface area contributed by atoms with Crippen LogP contribution in [0.1, 0.15) is 5.56 Å². The van der Waals surface area contributed by atoms with Gasteiger partial charge < -0.3 is 4.79 Å². The summed E-state index contributed by atoms with van der Waals surface area (Å²) in [4.78, 5) is 33.3. The van der Waals surface area contributed by atoms with Crippen LogP contribution in [0.2, 0.25) is 0 Å². The Bertz CT molecular complexity index is 624. The van der Waals surface area contributed by atoms with Gasteiger partial charge in [-0.2, -0.15) is 0 Å². The van der Waals surface area contributed by atoms with Gasteiger partial charge in [0.25, 0.3) is 11.1 Å². The normalized spacial score (nSPS) is 10.4. The highest BCUT2D eigenvalue weighted by Crippen LogP contribution is 2.10. The zero-order valence-corrected chi connectivity index (χ0v) is 7.74. The molecule has 0 saturated heterocycles. The lowest BCUT2D eigenvalue weighted by Gasteiger charge is -2.00. The first-order chi connectivity index (χ1) is 7.24. The maximum Gasteiger partial charge on any atom is 0.270 e. The molecule has 1 aromatic carbocycles. The number of aldehydes is 1. The molecule has 5 heteroatoms. The Morgan fingerprint density at radius 1 is 1.13 bits per heavy atom. The van der Waals surface area contributed by atoms with E-state index in [0.717, 1.165) is 0 Å². The molecule has 1 heterocycles. The quantitative estimate of drug-likeness (QED) is 0.673. The van der Waals surface area contributed by atoms with E-state index in [4.69, 9.17) is 0 Å². The van der Waals surface area contributed by atoms with E-state index >= 15 is 0 Å². The first-order valence-electron chi connectivity index (χ1n) is 4.40.